The van der Waals surface area contributed by atoms with Gasteiger partial charge in [0, 0.05) is 30.1 Å². The third kappa shape index (κ3) is 4.24. The molecule has 1 aliphatic heterocycles. The molecule has 1 aromatic carbocycles. The standard InChI is InChI=1S/C20H23N5O4S/c1-3-29-14-5-4-13-10-16(22-15(13)11-14)18(26)23-24-19(27)17-12(2)21-20(30-17)25-6-8-28-9-7-25/h4-5,10-11,22H,3,6-9H2,1-2H3,(H,23,26)(H,24,27). The minimum absolute atomic E-state index is 0.342. The molecule has 2 aromatic heterocycles. The normalized spacial score (nSPS) is 14.0. The summed E-state index contributed by atoms with van der Waals surface area (Å²) in [7, 11) is 0. The maximum atomic E-state index is 12.6. The number of morpholine rings is 1. The summed E-state index contributed by atoms with van der Waals surface area (Å²) >= 11 is 1.31. The van der Waals surface area contributed by atoms with Gasteiger partial charge in [0.1, 0.15) is 16.3 Å². The van der Waals surface area contributed by atoms with E-state index in [-0.39, 0.29) is 0 Å². The van der Waals surface area contributed by atoms with Gasteiger partial charge >= 0.3 is 0 Å². The van der Waals surface area contributed by atoms with E-state index in [2.05, 4.69) is 25.7 Å². The van der Waals surface area contributed by atoms with Gasteiger partial charge in [-0.3, -0.25) is 20.4 Å². The molecule has 30 heavy (non-hydrogen) atoms. The number of hydrogen-bond donors (Lipinski definition) is 3. The Morgan fingerprint density at radius 2 is 2.00 bits per heavy atom. The van der Waals surface area contributed by atoms with Gasteiger partial charge in [-0.05, 0) is 32.0 Å². The van der Waals surface area contributed by atoms with Crippen molar-refractivity contribution in [2.24, 2.45) is 0 Å². The number of amides is 2. The SMILES string of the molecule is CCOc1ccc2cc(C(=O)NNC(=O)c3sc(N4CCOCC4)nc3C)[nH]c2c1. The molecule has 10 heteroatoms. The zero-order chi connectivity index (χ0) is 21.1. The molecular formula is C20H23N5O4S. The number of anilines is 1. The van der Waals surface area contributed by atoms with Crippen LogP contribution in [0.25, 0.3) is 10.9 Å². The van der Waals surface area contributed by atoms with Crippen LogP contribution in [0.5, 0.6) is 5.75 Å². The fraction of sp³-hybridized carbons (Fsp3) is 0.350. The molecule has 9 nitrogen and oxygen atoms in total. The van der Waals surface area contributed by atoms with E-state index in [1.54, 1.807) is 13.0 Å². The van der Waals surface area contributed by atoms with Gasteiger partial charge < -0.3 is 19.4 Å². The van der Waals surface area contributed by atoms with Crippen molar-refractivity contribution in [1.82, 2.24) is 20.8 Å². The summed E-state index contributed by atoms with van der Waals surface area (Å²) < 4.78 is 10.8. The van der Waals surface area contributed by atoms with Crippen molar-refractivity contribution in [2.75, 3.05) is 37.8 Å². The van der Waals surface area contributed by atoms with Gasteiger partial charge in [0.2, 0.25) is 0 Å². The van der Waals surface area contributed by atoms with E-state index in [0.29, 0.717) is 36.1 Å². The first-order valence-electron chi connectivity index (χ1n) is 9.71. The molecule has 1 fully saturated rings. The highest BCUT2D eigenvalue weighted by Gasteiger charge is 2.21. The Bertz CT molecular complexity index is 1070. The topological polar surface area (TPSA) is 109 Å². The minimum atomic E-state index is -0.437. The van der Waals surface area contributed by atoms with Crippen LogP contribution in [0.15, 0.2) is 24.3 Å². The molecule has 158 valence electrons. The highest BCUT2D eigenvalue weighted by atomic mass is 32.1. The zero-order valence-corrected chi connectivity index (χ0v) is 17.6. The number of aryl methyl sites for hydroxylation is 1. The molecular weight excluding hydrogens is 406 g/mol. The van der Waals surface area contributed by atoms with Gasteiger partial charge in [-0.15, -0.1) is 0 Å². The lowest BCUT2D eigenvalue weighted by Crippen LogP contribution is -2.41. The molecule has 0 bridgehead atoms. The van der Waals surface area contributed by atoms with Crippen molar-refractivity contribution < 1.29 is 19.1 Å². The Hall–Kier alpha value is -3.11. The number of carbonyl (C=O) groups excluding carboxylic acids is 2. The Labute approximate surface area is 177 Å². The number of thiazole rings is 1. The van der Waals surface area contributed by atoms with E-state index >= 15 is 0 Å². The molecule has 0 aliphatic carbocycles. The van der Waals surface area contributed by atoms with Gasteiger partial charge in [-0.2, -0.15) is 0 Å². The van der Waals surface area contributed by atoms with Crippen LogP contribution in [0.4, 0.5) is 5.13 Å². The lowest BCUT2D eigenvalue weighted by molar-refractivity contribution is 0.0846. The van der Waals surface area contributed by atoms with E-state index < -0.39 is 11.8 Å². The van der Waals surface area contributed by atoms with Gasteiger partial charge in [0.15, 0.2) is 5.13 Å². The number of aromatic amines is 1. The second-order valence-corrected chi connectivity index (χ2v) is 7.76. The summed E-state index contributed by atoms with van der Waals surface area (Å²) in [5.74, 6) is -0.107. The zero-order valence-electron chi connectivity index (χ0n) is 16.8. The maximum absolute atomic E-state index is 12.6. The van der Waals surface area contributed by atoms with E-state index in [1.165, 1.54) is 11.3 Å². The summed E-state index contributed by atoms with van der Waals surface area (Å²) in [6, 6.07) is 7.28. The molecule has 0 atom stereocenters. The predicted octanol–water partition coefficient (Wildman–Crippen LogP) is 2.24. The molecule has 1 saturated heterocycles. The van der Waals surface area contributed by atoms with Gasteiger partial charge in [0.05, 0.1) is 25.5 Å². The smallest absolute Gasteiger partial charge is 0.286 e. The Morgan fingerprint density at radius 1 is 1.23 bits per heavy atom. The largest absolute Gasteiger partial charge is 0.494 e. The molecule has 2 amide bonds. The second-order valence-electron chi connectivity index (χ2n) is 6.78. The van der Waals surface area contributed by atoms with E-state index in [9.17, 15) is 9.59 Å². The fourth-order valence-electron chi connectivity index (χ4n) is 3.21. The van der Waals surface area contributed by atoms with Crippen molar-refractivity contribution in [3.05, 3.63) is 40.5 Å². The van der Waals surface area contributed by atoms with Crippen LogP contribution >= 0.6 is 11.3 Å². The number of H-pyrrole nitrogens is 1. The molecule has 4 rings (SSSR count). The van der Waals surface area contributed by atoms with Crippen molar-refractivity contribution >= 4 is 39.2 Å². The van der Waals surface area contributed by atoms with Crippen LogP contribution < -0.4 is 20.5 Å². The van der Waals surface area contributed by atoms with Crippen molar-refractivity contribution in [2.45, 2.75) is 13.8 Å². The van der Waals surface area contributed by atoms with Gasteiger partial charge in [-0.1, -0.05) is 11.3 Å². The Morgan fingerprint density at radius 3 is 2.77 bits per heavy atom. The summed E-state index contributed by atoms with van der Waals surface area (Å²) in [5, 5.41) is 1.66. The lowest BCUT2D eigenvalue weighted by atomic mass is 10.2. The number of nitrogens with one attached hydrogen (secondary N) is 3. The summed E-state index contributed by atoms with van der Waals surface area (Å²) in [4.78, 5) is 35.1. The van der Waals surface area contributed by atoms with Gasteiger partial charge in [0.25, 0.3) is 11.8 Å². The van der Waals surface area contributed by atoms with E-state index in [4.69, 9.17) is 9.47 Å². The molecule has 0 spiro atoms. The molecule has 0 unspecified atom stereocenters. The molecule has 3 aromatic rings. The first kappa shape index (κ1) is 20.2. The van der Waals surface area contributed by atoms with Crippen LogP contribution in [0.1, 0.15) is 32.8 Å². The van der Waals surface area contributed by atoms with E-state index in [0.717, 1.165) is 34.9 Å². The van der Waals surface area contributed by atoms with Crippen molar-refractivity contribution in [1.29, 1.82) is 0 Å². The second kappa shape index (κ2) is 8.72. The predicted molar refractivity (Wildman–Crippen MR) is 114 cm³/mol. The molecule has 1 aliphatic rings. The van der Waals surface area contributed by atoms with Crippen LogP contribution in [0.2, 0.25) is 0 Å². The number of rotatable bonds is 5. The fourth-order valence-corrected chi connectivity index (χ4v) is 4.22. The van der Waals surface area contributed by atoms with Crippen LogP contribution in [-0.4, -0.2) is 54.7 Å². The first-order chi connectivity index (χ1) is 14.5. The van der Waals surface area contributed by atoms with Crippen molar-refractivity contribution in [3.8, 4) is 5.75 Å². The minimum Gasteiger partial charge on any atom is -0.494 e. The maximum Gasteiger partial charge on any atom is 0.286 e. The van der Waals surface area contributed by atoms with Crippen molar-refractivity contribution in [3.63, 3.8) is 0 Å². The summed E-state index contributed by atoms with van der Waals surface area (Å²) in [6.45, 7) is 7.04. The highest BCUT2D eigenvalue weighted by molar-refractivity contribution is 7.17. The summed E-state index contributed by atoms with van der Waals surface area (Å²) in [5.41, 5.74) is 6.68. The number of carbonyl (C=O) groups is 2. The lowest BCUT2D eigenvalue weighted by Gasteiger charge is -2.25. The van der Waals surface area contributed by atoms with E-state index in [1.807, 2.05) is 25.1 Å². The molecule has 0 radical (unpaired) electrons. The monoisotopic (exact) mass is 429 g/mol. The molecule has 3 heterocycles. The van der Waals surface area contributed by atoms with Crippen LogP contribution in [0.3, 0.4) is 0 Å². The number of aromatic nitrogens is 2. The Kier molecular flexibility index (Phi) is 5.86. The highest BCUT2D eigenvalue weighted by Crippen LogP contribution is 2.26. The first-order valence-corrected chi connectivity index (χ1v) is 10.5. The molecule has 3 N–H and O–H groups in total. The summed E-state index contributed by atoms with van der Waals surface area (Å²) in [6.07, 6.45) is 0. The third-order valence-electron chi connectivity index (χ3n) is 4.71. The third-order valence-corrected chi connectivity index (χ3v) is 5.93. The van der Waals surface area contributed by atoms with Gasteiger partial charge in [-0.25, -0.2) is 4.98 Å². The number of ether oxygens (including phenoxy) is 2. The molecule has 0 saturated carbocycles. The Balaban J connectivity index is 1.40. The average molecular weight is 430 g/mol. The number of benzene rings is 1. The van der Waals surface area contributed by atoms with Crippen LogP contribution in [-0.2, 0) is 4.74 Å². The van der Waals surface area contributed by atoms with Crippen LogP contribution in [0, 0.1) is 6.92 Å². The average Bonchev–Trinajstić information content (AvgIpc) is 3.36. The number of hydrogen-bond acceptors (Lipinski definition) is 7. The number of nitrogens with zero attached hydrogens (tertiary/aromatic N) is 2. The number of fused-ring (bicyclic) bond motifs is 1. The quantitative estimate of drug-likeness (QED) is 0.537. The number of hydrazine groups is 1.